The van der Waals surface area contributed by atoms with Crippen molar-refractivity contribution >= 4 is 10.9 Å². The molecule has 0 amide bonds. The lowest BCUT2D eigenvalue weighted by atomic mass is 10.1. The Morgan fingerprint density at radius 1 is 0.933 bits per heavy atom. The Balaban J connectivity index is 2.36. The molecule has 0 N–H and O–H groups in total. The van der Waals surface area contributed by atoms with E-state index >= 15 is 0 Å². The van der Waals surface area contributed by atoms with Crippen LogP contribution in [0.15, 0.2) is 53.4 Å². The van der Waals surface area contributed by atoms with E-state index in [9.17, 15) is 0 Å². The van der Waals surface area contributed by atoms with Crippen molar-refractivity contribution in [2.45, 2.75) is 0 Å². The molecule has 0 spiro atoms. The first-order valence-electron chi connectivity index (χ1n) is 4.69. The number of rotatable bonds is 1. The molecule has 3 rings (SSSR count). The number of oxazole rings is 1. The van der Waals surface area contributed by atoms with Crippen molar-refractivity contribution in [3.05, 3.63) is 49.0 Å². The molecule has 0 bridgehead atoms. The number of hydrogen-bond acceptors (Lipinski definition) is 3. The van der Waals surface area contributed by atoms with Gasteiger partial charge in [0.2, 0.25) is 5.89 Å². The summed E-state index contributed by atoms with van der Waals surface area (Å²) in [5, 5.41) is 1.06. The van der Waals surface area contributed by atoms with Gasteiger partial charge in [-0.25, -0.2) is 4.98 Å². The van der Waals surface area contributed by atoms with Gasteiger partial charge in [0, 0.05) is 17.1 Å². The van der Waals surface area contributed by atoms with Gasteiger partial charge >= 0.3 is 0 Å². The molecule has 2 aromatic heterocycles. The van der Waals surface area contributed by atoms with Gasteiger partial charge in [-0.05, 0) is 18.2 Å². The smallest absolute Gasteiger partial charge is 0.226 e. The van der Waals surface area contributed by atoms with Crippen LogP contribution < -0.4 is 0 Å². The Morgan fingerprint density at radius 3 is 2.80 bits per heavy atom. The van der Waals surface area contributed by atoms with Crippen LogP contribution in [-0.4, -0.2) is 9.97 Å². The Morgan fingerprint density at radius 2 is 1.93 bits per heavy atom. The van der Waals surface area contributed by atoms with Crippen LogP contribution in [0.5, 0.6) is 0 Å². The fraction of sp³-hybridized carbons (Fsp3) is 0. The summed E-state index contributed by atoms with van der Waals surface area (Å²) >= 11 is 0. The van der Waals surface area contributed by atoms with Gasteiger partial charge in [0.05, 0.1) is 11.7 Å². The number of nitrogens with zero attached hydrogens (tertiary/aromatic N) is 2. The minimum absolute atomic E-state index is 0.633. The average Bonchev–Trinajstić information content (AvgIpc) is 2.82. The topological polar surface area (TPSA) is 38.9 Å². The number of aromatic nitrogens is 2. The molecule has 15 heavy (non-hydrogen) atoms. The highest BCUT2D eigenvalue weighted by atomic mass is 16.3. The maximum absolute atomic E-state index is 5.29. The molecule has 0 saturated heterocycles. The third-order valence-electron chi connectivity index (χ3n) is 2.31. The fourth-order valence-corrected chi connectivity index (χ4v) is 1.65. The number of benzene rings is 1. The van der Waals surface area contributed by atoms with Crippen LogP contribution in [0.4, 0.5) is 0 Å². The van der Waals surface area contributed by atoms with E-state index < -0.39 is 0 Å². The first-order chi connectivity index (χ1) is 7.45. The van der Waals surface area contributed by atoms with Gasteiger partial charge in [-0.15, -0.1) is 0 Å². The third-order valence-corrected chi connectivity index (χ3v) is 2.31. The lowest BCUT2D eigenvalue weighted by Gasteiger charge is -2.00. The second kappa shape index (κ2) is 3.20. The average molecular weight is 196 g/mol. The summed E-state index contributed by atoms with van der Waals surface area (Å²) in [6.07, 6.45) is 5.00. The molecule has 3 nitrogen and oxygen atoms in total. The molecule has 1 aromatic carbocycles. The summed E-state index contributed by atoms with van der Waals surface area (Å²) < 4.78 is 5.29. The van der Waals surface area contributed by atoms with Crippen molar-refractivity contribution in [2.75, 3.05) is 0 Å². The fourth-order valence-electron chi connectivity index (χ4n) is 1.65. The highest BCUT2D eigenvalue weighted by Gasteiger charge is 2.06. The predicted octanol–water partition coefficient (Wildman–Crippen LogP) is 2.89. The van der Waals surface area contributed by atoms with Crippen LogP contribution in [0.25, 0.3) is 22.4 Å². The number of fused-ring (bicyclic) bond motifs is 1. The Labute approximate surface area is 86.4 Å². The molecule has 3 heteroatoms. The molecule has 0 atom stereocenters. The predicted molar refractivity (Wildman–Crippen MR) is 57.2 cm³/mol. The summed E-state index contributed by atoms with van der Waals surface area (Å²) in [6, 6.07) is 9.84. The van der Waals surface area contributed by atoms with Crippen LogP contribution in [0.3, 0.4) is 0 Å². The minimum atomic E-state index is 0.633. The SMILES string of the molecule is c1cc(-c2ncco2)c2cccnc2c1. The molecule has 0 unspecified atom stereocenters. The largest absolute Gasteiger partial charge is 0.445 e. The van der Waals surface area contributed by atoms with Gasteiger partial charge in [-0.3, -0.25) is 4.98 Å². The molecular weight excluding hydrogens is 188 g/mol. The van der Waals surface area contributed by atoms with Crippen LogP contribution >= 0.6 is 0 Å². The summed E-state index contributed by atoms with van der Waals surface area (Å²) in [6.45, 7) is 0. The third kappa shape index (κ3) is 1.29. The zero-order valence-electron chi connectivity index (χ0n) is 7.92. The quantitative estimate of drug-likeness (QED) is 0.600. The second-order valence-electron chi connectivity index (χ2n) is 3.21. The Bertz CT molecular complexity index is 582. The Kier molecular flexibility index (Phi) is 1.75. The van der Waals surface area contributed by atoms with E-state index in [1.54, 1.807) is 18.7 Å². The summed E-state index contributed by atoms with van der Waals surface area (Å²) in [5.41, 5.74) is 1.93. The van der Waals surface area contributed by atoms with E-state index in [0.717, 1.165) is 16.5 Å². The minimum Gasteiger partial charge on any atom is -0.445 e. The maximum atomic E-state index is 5.29. The lowest BCUT2D eigenvalue weighted by Crippen LogP contribution is -1.82. The van der Waals surface area contributed by atoms with E-state index in [-0.39, 0.29) is 0 Å². The van der Waals surface area contributed by atoms with Gasteiger partial charge in [-0.2, -0.15) is 0 Å². The molecule has 0 aliphatic carbocycles. The Hall–Kier alpha value is -2.16. The normalized spacial score (nSPS) is 10.7. The molecule has 0 aliphatic rings. The highest BCUT2D eigenvalue weighted by molar-refractivity contribution is 5.92. The van der Waals surface area contributed by atoms with Crippen molar-refractivity contribution in [1.82, 2.24) is 9.97 Å². The summed E-state index contributed by atoms with van der Waals surface area (Å²) in [7, 11) is 0. The molecule has 2 heterocycles. The van der Waals surface area contributed by atoms with Crippen LogP contribution in [0.2, 0.25) is 0 Å². The van der Waals surface area contributed by atoms with Crippen molar-refractivity contribution < 1.29 is 4.42 Å². The van der Waals surface area contributed by atoms with Crippen LogP contribution in [-0.2, 0) is 0 Å². The van der Waals surface area contributed by atoms with Crippen LogP contribution in [0.1, 0.15) is 0 Å². The number of pyridine rings is 1. The molecular formula is C12H8N2O. The monoisotopic (exact) mass is 196 g/mol. The molecule has 0 fully saturated rings. The van der Waals surface area contributed by atoms with Crippen molar-refractivity contribution in [1.29, 1.82) is 0 Å². The maximum Gasteiger partial charge on any atom is 0.226 e. The first-order valence-corrected chi connectivity index (χ1v) is 4.69. The second-order valence-corrected chi connectivity index (χ2v) is 3.21. The van der Waals surface area contributed by atoms with E-state index in [2.05, 4.69) is 9.97 Å². The molecule has 72 valence electrons. The van der Waals surface area contributed by atoms with E-state index in [0.29, 0.717) is 5.89 Å². The van der Waals surface area contributed by atoms with Crippen molar-refractivity contribution in [3.8, 4) is 11.5 Å². The van der Waals surface area contributed by atoms with Crippen LogP contribution in [0, 0.1) is 0 Å². The molecule has 0 saturated carbocycles. The van der Waals surface area contributed by atoms with Gasteiger partial charge < -0.3 is 4.42 Å². The van der Waals surface area contributed by atoms with E-state index in [1.165, 1.54) is 0 Å². The zero-order valence-corrected chi connectivity index (χ0v) is 7.92. The summed E-state index contributed by atoms with van der Waals surface area (Å²) in [5.74, 6) is 0.633. The standard InChI is InChI=1S/C12H8N2O/c1-3-10(12-14-7-8-15-12)9-4-2-6-13-11(9)5-1/h1-8H. The molecule has 3 aromatic rings. The van der Waals surface area contributed by atoms with Crippen molar-refractivity contribution in [2.24, 2.45) is 0 Å². The highest BCUT2D eigenvalue weighted by Crippen LogP contribution is 2.25. The molecule has 0 aliphatic heterocycles. The van der Waals surface area contributed by atoms with Crippen molar-refractivity contribution in [3.63, 3.8) is 0 Å². The zero-order chi connectivity index (χ0) is 10.1. The van der Waals surface area contributed by atoms with Gasteiger partial charge in [-0.1, -0.05) is 12.1 Å². The lowest BCUT2D eigenvalue weighted by molar-refractivity contribution is 0.575. The van der Waals surface area contributed by atoms with E-state index in [1.807, 2.05) is 30.3 Å². The van der Waals surface area contributed by atoms with E-state index in [4.69, 9.17) is 4.42 Å². The summed E-state index contributed by atoms with van der Waals surface area (Å²) in [4.78, 5) is 8.42. The molecule has 0 radical (unpaired) electrons. The first kappa shape index (κ1) is 8.17. The van der Waals surface area contributed by atoms with Gasteiger partial charge in [0.25, 0.3) is 0 Å². The van der Waals surface area contributed by atoms with Gasteiger partial charge in [0.15, 0.2) is 0 Å². The van der Waals surface area contributed by atoms with Gasteiger partial charge in [0.1, 0.15) is 6.26 Å². The number of hydrogen-bond donors (Lipinski definition) is 0.